The van der Waals surface area contributed by atoms with E-state index in [1.165, 1.54) is 11.3 Å². The molecule has 0 saturated heterocycles. The van der Waals surface area contributed by atoms with Crippen molar-refractivity contribution >= 4 is 62.6 Å². The van der Waals surface area contributed by atoms with Crippen LogP contribution in [0, 0.1) is 0 Å². The molecule has 3 aromatic rings. The van der Waals surface area contributed by atoms with E-state index in [0.29, 0.717) is 26.4 Å². The van der Waals surface area contributed by atoms with Gasteiger partial charge >= 0.3 is 5.97 Å². The van der Waals surface area contributed by atoms with Crippen molar-refractivity contribution in [3.05, 3.63) is 62.6 Å². The maximum absolute atomic E-state index is 12.3. The number of hydrogen-bond acceptors (Lipinski definition) is 6. The molecule has 0 aliphatic carbocycles. The van der Waals surface area contributed by atoms with Gasteiger partial charge in [-0.25, -0.2) is 9.79 Å². The monoisotopic (exact) mass is 417 g/mol. The van der Waals surface area contributed by atoms with Crippen LogP contribution in [-0.2, 0) is 9.53 Å². The smallest absolute Gasteiger partial charge is 0.363 e. The molecule has 2 aliphatic rings. The second kappa shape index (κ2) is 6.27. The van der Waals surface area contributed by atoms with Gasteiger partial charge in [0.15, 0.2) is 17.2 Å². The third-order valence-corrected chi connectivity index (χ3v) is 5.99. The molecule has 0 N–H and O–H groups in total. The summed E-state index contributed by atoms with van der Waals surface area (Å²) < 4.78 is 16.9. The summed E-state index contributed by atoms with van der Waals surface area (Å²) in [6, 6.07) is 10.8. The lowest BCUT2D eigenvalue weighted by molar-refractivity contribution is -0.129. The van der Waals surface area contributed by atoms with E-state index >= 15 is 0 Å². The fourth-order valence-electron chi connectivity index (χ4n) is 2.84. The number of aliphatic imine (C=N–C) groups is 1. The van der Waals surface area contributed by atoms with E-state index in [1.807, 2.05) is 18.2 Å². The van der Waals surface area contributed by atoms with Gasteiger partial charge in [0.05, 0.1) is 5.02 Å². The Labute approximate surface area is 167 Å². The fourth-order valence-corrected chi connectivity index (χ4v) is 4.56. The van der Waals surface area contributed by atoms with Crippen LogP contribution in [0.2, 0.25) is 10.0 Å². The number of nitrogens with zero attached hydrogens (tertiary/aromatic N) is 1. The Bertz CT molecular complexity index is 1180. The van der Waals surface area contributed by atoms with E-state index in [1.54, 1.807) is 24.3 Å². The van der Waals surface area contributed by atoms with Crippen LogP contribution >= 0.6 is 34.5 Å². The molecule has 2 aromatic carbocycles. The molecular formula is C19H9Cl2NO4S. The second-order valence-corrected chi connectivity index (χ2v) is 7.70. The Kier molecular flexibility index (Phi) is 3.86. The first kappa shape index (κ1) is 16.6. The highest BCUT2D eigenvalue weighted by atomic mass is 35.5. The normalized spacial score (nSPS) is 16.9. The summed E-state index contributed by atoms with van der Waals surface area (Å²) in [6.07, 6.45) is 1.63. The molecule has 5 nitrogen and oxygen atoms in total. The average Bonchev–Trinajstić information content (AvgIpc) is 3.33. The standard InChI is InChI=1S/C19H9Cl2NO4S/c20-10-2-3-11-15(7-10)27-17(16(11)21)18-22-12(19(23)26-18)5-9-1-4-13-14(6-9)25-8-24-13/h1-7H,8H2/b12-5+. The zero-order valence-corrected chi connectivity index (χ0v) is 15.8. The summed E-state index contributed by atoms with van der Waals surface area (Å²) in [5.74, 6) is 0.957. The molecule has 0 fully saturated rings. The van der Waals surface area contributed by atoms with Gasteiger partial charge in [-0.15, -0.1) is 11.3 Å². The predicted octanol–water partition coefficient (Wildman–Crippen LogP) is 5.28. The van der Waals surface area contributed by atoms with Gasteiger partial charge in [0, 0.05) is 15.1 Å². The van der Waals surface area contributed by atoms with Gasteiger partial charge in [0.25, 0.3) is 0 Å². The van der Waals surface area contributed by atoms with Crippen molar-refractivity contribution in [2.45, 2.75) is 0 Å². The summed E-state index contributed by atoms with van der Waals surface area (Å²) in [4.78, 5) is 17.2. The molecule has 0 unspecified atom stereocenters. The minimum absolute atomic E-state index is 0.189. The van der Waals surface area contributed by atoms with E-state index in [-0.39, 0.29) is 18.4 Å². The minimum Gasteiger partial charge on any atom is -0.454 e. The summed E-state index contributed by atoms with van der Waals surface area (Å²) in [5.41, 5.74) is 0.945. The number of carbonyl (C=O) groups excluding carboxylic acids is 1. The molecule has 1 aromatic heterocycles. The Hall–Kier alpha value is -2.54. The molecule has 0 bridgehead atoms. The first-order chi connectivity index (χ1) is 13.1. The van der Waals surface area contributed by atoms with Gasteiger partial charge < -0.3 is 14.2 Å². The van der Waals surface area contributed by atoms with Crippen molar-refractivity contribution in [3.8, 4) is 11.5 Å². The second-order valence-electron chi connectivity index (χ2n) is 5.83. The molecule has 0 radical (unpaired) electrons. The Morgan fingerprint density at radius 1 is 1.07 bits per heavy atom. The minimum atomic E-state index is -0.533. The predicted molar refractivity (Wildman–Crippen MR) is 105 cm³/mol. The van der Waals surface area contributed by atoms with Crippen LogP contribution in [0.25, 0.3) is 16.2 Å². The molecule has 27 heavy (non-hydrogen) atoms. The van der Waals surface area contributed by atoms with E-state index in [4.69, 9.17) is 37.4 Å². The number of hydrogen-bond donors (Lipinski definition) is 0. The summed E-state index contributed by atoms with van der Waals surface area (Å²) in [6.45, 7) is 0.189. The summed E-state index contributed by atoms with van der Waals surface area (Å²) in [7, 11) is 0. The summed E-state index contributed by atoms with van der Waals surface area (Å²) >= 11 is 13.9. The van der Waals surface area contributed by atoms with E-state index in [0.717, 1.165) is 15.6 Å². The lowest BCUT2D eigenvalue weighted by Crippen LogP contribution is -2.04. The number of cyclic esters (lactones) is 1. The van der Waals surface area contributed by atoms with Crippen molar-refractivity contribution in [1.82, 2.24) is 0 Å². The largest absolute Gasteiger partial charge is 0.454 e. The zero-order chi connectivity index (χ0) is 18.5. The maximum Gasteiger partial charge on any atom is 0.363 e. The molecule has 0 amide bonds. The average molecular weight is 418 g/mol. The Morgan fingerprint density at radius 2 is 1.93 bits per heavy atom. The first-order valence-corrected chi connectivity index (χ1v) is 9.46. The van der Waals surface area contributed by atoms with Crippen LogP contribution in [0.3, 0.4) is 0 Å². The van der Waals surface area contributed by atoms with Gasteiger partial charge in [-0.2, -0.15) is 0 Å². The van der Waals surface area contributed by atoms with Crippen LogP contribution in [0.4, 0.5) is 0 Å². The topological polar surface area (TPSA) is 57.1 Å². The molecule has 2 aliphatic heterocycles. The lowest BCUT2D eigenvalue weighted by Gasteiger charge is -1.97. The van der Waals surface area contributed by atoms with Gasteiger partial charge in [0.1, 0.15) is 4.88 Å². The molecule has 3 heterocycles. The number of carbonyl (C=O) groups is 1. The highest BCUT2D eigenvalue weighted by Gasteiger charge is 2.28. The van der Waals surface area contributed by atoms with E-state index in [2.05, 4.69) is 4.99 Å². The number of halogens is 2. The number of fused-ring (bicyclic) bond motifs is 2. The van der Waals surface area contributed by atoms with Gasteiger partial charge in [-0.3, -0.25) is 0 Å². The highest BCUT2D eigenvalue weighted by molar-refractivity contribution is 7.21. The first-order valence-electron chi connectivity index (χ1n) is 7.88. The van der Waals surface area contributed by atoms with Crippen LogP contribution in [-0.4, -0.2) is 18.7 Å². The van der Waals surface area contributed by atoms with Crippen molar-refractivity contribution in [1.29, 1.82) is 0 Å². The van der Waals surface area contributed by atoms with Crippen LogP contribution in [0.1, 0.15) is 10.4 Å². The van der Waals surface area contributed by atoms with Gasteiger partial charge in [0.2, 0.25) is 12.7 Å². The van der Waals surface area contributed by atoms with Crippen molar-refractivity contribution in [3.63, 3.8) is 0 Å². The molecule has 8 heteroatoms. The van der Waals surface area contributed by atoms with Crippen LogP contribution in [0.15, 0.2) is 47.1 Å². The highest BCUT2D eigenvalue weighted by Crippen LogP contribution is 2.39. The van der Waals surface area contributed by atoms with Crippen LogP contribution < -0.4 is 9.47 Å². The molecule has 5 rings (SSSR count). The number of thiophene rings is 1. The summed E-state index contributed by atoms with van der Waals surface area (Å²) in [5, 5.41) is 1.94. The molecular weight excluding hydrogens is 409 g/mol. The van der Waals surface area contributed by atoms with Crippen molar-refractivity contribution in [2.75, 3.05) is 6.79 Å². The third kappa shape index (κ3) is 2.86. The van der Waals surface area contributed by atoms with Crippen molar-refractivity contribution in [2.24, 2.45) is 4.99 Å². The Balaban J connectivity index is 1.54. The molecule has 0 spiro atoms. The molecule has 134 valence electrons. The van der Waals surface area contributed by atoms with Gasteiger partial charge in [-0.05, 0) is 35.9 Å². The number of benzene rings is 2. The van der Waals surface area contributed by atoms with E-state index < -0.39 is 5.97 Å². The lowest BCUT2D eigenvalue weighted by atomic mass is 10.1. The fraction of sp³-hybridized carbons (Fsp3) is 0.0526. The SMILES string of the molecule is O=C1OC(c2sc3cc(Cl)ccc3c2Cl)=N/C1=C/c1ccc2c(c1)OCO2. The van der Waals surface area contributed by atoms with Crippen LogP contribution in [0.5, 0.6) is 11.5 Å². The number of rotatable bonds is 2. The maximum atomic E-state index is 12.3. The quantitative estimate of drug-likeness (QED) is 0.420. The molecule has 0 saturated carbocycles. The third-order valence-electron chi connectivity index (χ3n) is 4.11. The van der Waals surface area contributed by atoms with Crippen molar-refractivity contribution < 1.29 is 19.0 Å². The zero-order valence-electron chi connectivity index (χ0n) is 13.5. The Morgan fingerprint density at radius 3 is 2.81 bits per heavy atom. The van der Waals surface area contributed by atoms with Gasteiger partial charge in [-0.1, -0.05) is 35.3 Å². The molecule has 0 atom stereocenters. The van der Waals surface area contributed by atoms with E-state index in [9.17, 15) is 4.79 Å². The number of esters is 1. The number of ether oxygens (including phenoxy) is 3.